The van der Waals surface area contributed by atoms with Crippen molar-refractivity contribution < 1.29 is 14.3 Å². The second-order valence-corrected chi connectivity index (χ2v) is 4.69. The summed E-state index contributed by atoms with van der Waals surface area (Å²) in [4.78, 5) is 12.3. The quantitative estimate of drug-likeness (QED) is 0.691. The molecule has 3 aromatic rings. The largest absolute Gasteiger partial charge is 0.477 e. The molecule has 3 rings (SSSR count). The van der Waals surface area contributed by atoms with Gasteiger partial charge in [0.05, 0.1) is 22.8 Å². The van der Waals surface area contributed by atoms with Crippen molar-refractivity contribution in [2.45, 2.75) is 0 Å². The molecule has 0 aliphatic rings. The summed E-state index contributed by atoms with van der Waals surface area (Å²) in [5, 5.41) is 17.9. The summed E-state index contributed by atoms with van der Waals surface area (Å²) in [7, 11) is 0. The third kappa shape index (κ3) is 2.54. The standard InChI is InChI=1S/C17H11N3O3/c18-7-9-22-12-5-6-15-16(17(21)23-10-8-19)13-3-1-2-4-14(13)20(15)11-12/h1-6,11H,9-10H2. The van der Waals surface area contributed by atoms with Crippen LogP contribution in [0.2, 0.25) is 0 Å². The first-order valence-electron chi connectivity index (χ1n) is 6.83. The lowest BCUT2D eigenvalue weighted by atomic mass is 10.1. The Balaban J connectivity index is 2.20. The van der Waals surface area contributed by atoms with Gasteiger partial charge in [-0.15, -0.1) is 0 Å². The van der Waals surface area contributed by atoms with Gasteiger partial charge >= 0.3 is 5.97 Å². The van der Waals surface area contributed by atoms with Crippen molar-refractivity contribution in [1.82, 2.24) is 4.40 Å². The van der Waals surface area contributed by atoms with Crippen LogP contribution in [0.1, 0.15) is 10.4 Å². The molecule has 6 heteroatoms. The molecule has 0 aliphatic carbocycles. The molecule has 0 radical (unpaired) electrons. The predicted octanol–water partition coefficient (Wildman–Crippen LogP) is 2.68. The number of nitriles is 2. The van der Waals surface area contributed by atoms with Crippen molar-refractivity contribution in [3.63, 3.8) is 0 Å². The molecule has 0 amide bonds. The maximum Gasteiger partial charge on any atom is 0.342 e. The van der Waals surface area contributed by atoms with Gasteiger partial charge in [0.25, 0.3) is 0 Å². The van der Waals surface area contributed by atoms with E-state index in [1.807, 2.05) is 34.7 Å². The minimum absolute atomic E-state index is 0.0538. The number of pyridine rings is 1. The van der Waals surface area contributed by atoms with Crippen LogP contribution in [0.3, 0.4) is 0 Å². The molecule has 0 saturated heterocycles. The third-order valence-electron chi connectivity index (χ3n) is 3.39. The van der Waals surface area contributed by atoms with Gasteiger partial charge in [-0.2, -0.15) is 10.5 Å². The number of hydrogen-bond donors (Lipinski definition) is 0. The predicted molar refractivity (Wildman–Crippen MR) is 81.9 cm³/mol. The first-order valence-corrected chi connectivity index (χ1v) is 6.83. The number of esters is 1. The van der Waals surface area contributed by atoms with Crippen LogP contribution in [0.25, 0.3) is 16.4 Å². The number of aromatic nitrogens is 1. The lowest BCUT2D eigenvalue weighted by Crippen LogP contribution is -2.05. The smallest absolute Gasteiger partial charge is 0.342 e. The summed E-state index contributed by atoms with van der Waals surface area (Å²) >= 11 is 0. The molecule has 0 unspecified atom stereocenters. The molecule has 6 nitrogen and oxygen atoms in total. The zero-order valence-electron chi connectivity index (χ0n) is 12.0. The van der Waals surface area contributed by atoms with Crippen LogP contribution >= 0.6 is 0 Å². The van der Waals surface area contributed by atoms with Gasteiger partial charge in [0.15, 0.2) is 13.2 Å². The Morgan fingerprint density at radius 1 is 1.04 bits per heavy atom. The maximum absolute atomic E-state index is 12.3. The summed E-state index contributed by atoms with van der Waals surface area (Å²) in [6.07, 6.45) is 1.72. The lowest BCUT2D eigenvalue weighted by molar-refractivity contribution is 0.0559. The van der Waals surface area contributed by atoms with Gasteiger partial charge in [-0.05, 0) is 18.2 Å². The van der Waals surface area contributed by atoms with Gasteiger partial charge in [0, 0.05) is 5.39 Å². The normalized spacial score (nSPS) is 10.2. The van der Waals surface area contributed by atoms with Gasteiger partial charge in [0.1, 0.15) is 17.9 Å². The summed E-state index contributed by atoms with van der Waals surface area (Å²) in [5.74, 6) is -0.0207. The number of benzene rings is 1. The average Bonchev–Trinajstić information content (AvgIpc) is 2.91. The molecule has 0 aliphatic heterocycles. The van der Waals surface area contributed by atoms with Gasteiger partial charge < -0.3 is 13.9 Å². The highest BCUT2D eigenvalue weighted by Crippen LogP contribution is 2.29. The second-order valence-electron chi connectivity index (χ2n) is 4.69. The van der Waals surface area contributed by atoms with E-state index in [1.54, 1.807) is 24.4 Å². The lowest BCUT2D eigenvalue weighted by Gasteiger charge is -2.04. The van der Waals surface area contributed by atoms with E-state index in [0.29, 0.717) is 16.8 Å². The first-order chi connectivity index (χ1) is 11.3. The van der Waals surface area contributed by atoms with Crippen molar-refractivity contribution in [3.05, 3.63) is 48.2 Å². The number of hydrogen-bond acceptors (Lipinski definition) is 5. The Labute approximate surface area is 131 Å². The van der Waals surface area contributed by atoms with Gasteiger partial charge in [0.2, 0.25) is 0 Å². The van der Waals surface area contributed by atoms with E-state index in [0.717, 1.165) is 10.9 Å². The van der Waals surface area contributed by atoms with Crippen molar-refractivity contribution >= 4 is 22.4 Å². The molecule has 112 valence electrons. The molecule has 23 heavy (non-hydrogen) atoms. The second kappa shape index (κ2) is 6.08. The molecule has 1 aromatic carbocycles. The van der Waals surface area contributed by atoms with E-state index in [2.05, 4.69) is 0 Å². The Morgan fingerprint density at radius 2 is 1.83 bits per heavy atom. The molecule has 0 fully saturated rings. The Hall–Kier alpha value is -3.51. The third-order valence-corrected chi connectivity index (χ3v) is 3.39. The minimum Gasteiger partial charge on any atom is -0.477 e. The van der Waals surface area contributed by atoms with Crippen molar-refractivity contribution in [3.8, 4) is 17.9 Å². The molecule has 0 saturated carbocycles. The highest BCUT2D eigenvalue weighted by Gasteiger charge is 2.19. The molecule has 0 bridgehead atoms. The Bertz CT molecular complexity index is 976. The topological polar surface area (TPSA) is 87.5 Å². The van der Waals surface area contributed by atoms with E-state index in [4.69, 9.17) is 20.0 Å². The van der Waals surface area contributed by atoms with Crippen molar-refractivity contribution in [2.75, 3.05) is 13.2 Å². The highest BCUT2D eigenvalue weighted by atomic mass is 16.5. The van der Waals surface area contributed by atoms with Gasteiger partial charge in [-0.25, -0.2) is 4.79 Å². The number of fused-ring (bicyclic) bond motifs is 3. The fraction of sp³-hybridized carbons (Fsp3) is 0.118. The van der Waals surface area contributed by atoms with Crippen LogP contribution in [0.4, 0.5) is 0 Å². The molecule has 2 heterocycles. The van der Waals surface area contributed by atoms with E-state index < -0.39 is 5.97 Å². The van der Waals surface area contributed by atoms with Gasteiger partial charge in [-0.3, -0.25) is 0 Å². The van der Waals surface area contributed by atoms with Crippen LogP contribution < -0.4 is 4.74 Å². The van der Waals surface area contributed by atoms with E-state index in [9.17, 15) is 4.79 Å². The van der Waals surface area contributed by atoms with Crippen LogP contribution in [0.5, 0.6) is 5.75 Å². The Kier molecular flexibility index (Phi) is 3.82. The van der Waals surface area contributed by atoms with E-state index >= 15 is 0 Å². The van der Waals surface area contributed by atoms with E-state index in [1.165, 1.54) is 0 Å². The zero-order chi connectivity index (χ0) is 16.2. The van der Waals surface area contributed by atoms with E-state index in [-0.39, 0.29) is 13.2 Å². The molecule has 0 N–H and O–H groups in total. The van der Waals surface area contributed by atoms with Crippen LogP contribution in [-0.2, 0) is 4.74 Å². The minimum atomic E-state index is -0.545. The summed E-state index contributed by atoms with van der Waals surface area (Å²) < 4.78 is 12.1. The summed E-state index contributed by atoms with van der Waals surface area (Å²) in [5.41, 5.74) is 1.87. The number of carbonyl (C=O) groups excluding carboxylic acids is 1. The Morgan fingerprint density at radius 3 is 2.61 bits per heavy atom. The summed E-state index contributed by atoms with van der Waals surface area (Å²) in [6, 6.07) is 14.5. The first kappa shape index (κ1) is 14.4. The van der Waals surface area contributed by atoms with Crippen molar-refractivity contribution in [1.29, 1.82) is 10.5 Å². The van der Waals surface area contributed by atoms with Crippen LogP contribution in [0, 0.1) is 22.7 Å². The fourth-order valence-electron chi connectivity index (χ4n) is 2.50. The molecule has 2 aromatic heterocycles. The van der Waals surface area contributed by atoms with Crippen molar-refractivity contribution in [2.24, 2.45) is 0 Å². The highest BCUT2D eigenvalue weighted by molar-refractivity contribution is 6.11. The number of nitrogens with zero attached hydrogens (tertiary/aromatic N) is 3. The number of rotatable bonds is 4. The number of carbonyl (C=O) groups is 1. The maximum atomic E-state index is 12.3. The number of ether oxygens (including phenoxy) is 2. The molecule has 0 spiro atoms. The van der Waals surface area contributed by atoms with Crippen LogP contribution in [-0.4, -0.2) is 23.6 Å². The molecular weight excluding hydrogens is 294 g/mol. The molecule has 0 atom stereocenters. The number of para-hydroxylation sites is 1. The summed E-state index contributed by atoms with van der Waals surface area (Å²) in [6.45, 7) is -0.352. The van der Waals surface area contributed by atoms with Crippen LogP contribution in [0.15, 0.2) is 42.6 Å². The average molecular weight is 305 g/mol. The monoisotopic (exact) mass is 305 g/mol. The van der Waals surface area contributed by atoms with Gasteiger partial charge in [-0.1, -0.05) is 18.2 Å². The zero-order valence-corrected chi connectivity index (χ0v) is 12.0. The fourth-order valence-corrected chi connectivity index (χ4v) is 2.50. The SMILES string of the molecule is N#CCOC(=O)c1c2ccccc2n2cc(OCC#N)ccc12. The molecular formula is C17H11N3O3.